The second kappa shape index (κ2) is 8.41. The second-order valence-electron chi connectivity index (χ2n) is 5.33. The number of hydrogen-bond donors (Lipinski definition) is 2. The fourth-order valence-electron chi connectivity index (χ4n) is 1.73. The summed E-state index contributed by atoms with van der Waals surface area (Å²) in [5.74, 6) is 0.637. The zero-order valence-electron chi connectivity index (χ0n) is 13.1. The smallest absolute Gasteiger partial charge is 0.245 e. The van der Waals surface area contributed by atoms with E-state index in [2.05, 4.69) is 29.6 Å². The van der Waals surface area contributed by atoms with Gasteiger partial charge in [-0.3, -0.25) is 9.59 Å². The summed E-state index contributed by atoms with van der Waals surface area (Å²) in [7, 11) is 1.62. The minimum absolute atomic E-state index is 0.00233. The third-order valence-corrected chi connectivity index (χ3v) is 2.82. The molecular formula is C14H24N4O3. The van der Waals surface area contributed by atoms with Crippen molar-refractivity contribution in [2.24, 2.45) is 0 Å². The highest BCUT2D eigenvalue weighted by Crippen LogP contribution is 2.06. The molecule has 7 nitrogen and oxygen atoms in total. The Bertz CT molecular complexity index is 471. The largest absolute Gasteiger partial charge is 0.360 e. The van der Waals surface area contributed by atoms with E-state index in [1.807, 2.05) is 0 Å². The van der Waals surface area contributed by atoms with Gasteiger partial charge in [-0.15, -0.1) is 0 Å². The van der Waals surface area contributed by atoms with Crippen LogP contribution in [0.2, 0.25) is 0 Å². The molecule has 0 saturated heterocycles. The van der Waals surface area contributed by atoms with E-state index in [1.54, 1.807) is 20.0 Å². The van der Waals surface area contributed by atoms with Gasteiger partial charge in [-0.25, -0.2) is 0 Å². The molecule has 1 aromatic rings. The maximum absolute atomic E-state index is 11.9. The molecule has 0 aromatic carbocycles. The maximum Gasteiger partial charge on any atom is 0.245 e. The van der Waals surface area contributed by atoms with Crippen molar-refractivity contribution in [3.8, 4) is 0 Å². The van der Waals surface area contributed by atoms with E-state index in [1.165, 1.54) is 4.90 Å². The number of amides is 2. The summed E-state index contributed by atoms with van der Waals surface area (Å²) in [5, 5.41) is 9.49. The molecule has 0 radical (unpaired) electrons. The number of anilines is 1. The summed E-state index contributed by atoms with van der Waals surface area (Å²) in [6.07, 6.45) is 1.18. The number of carbonyl (C=O) groups excluding carboxylic acids is 2. The molecule has 21 heavy (non-hydrogen) atoms. The lowest BCUT2D eigenvalue weighted by Gasteiger charge is -2.16. The molecule has 1 heterocycles. The first-order valence-electron chi connectivity index (χ1n) is 7.09. The Labute approximate surface area is 125 Å². The number of nitrogens with zero attached hydrogens (tertiary/aromatic N) is 2. The van der Waals surface area contributed by atoms with E-state index < -0.39 is 0 Å². The van der Waals surface area contributed by atoms with Gasteiger partial charge < -0.3 is 20.1 Å². The third-order valence-electron chi connectivity index (χ3n) is 2.82. The number of aromatic nitrogens is 1. The maximum atomic E-state index is 11.9. The Morgan fingerprint density at radius 2 is 2.14 bits per heavy atom. The minimum Gasteiger partial charge on any atom is -0.360 e. The van der Waals surface area contributed by atoms with Crippen LogP contribution in [0, 0.1) is 6.92 Å². The summed E-state index contributed by atoms with van der Waals surface area (Å²) in [6.45, 7) is 6.65. The van der Waals surface area contributed by atoms with Crippen molar-refractivity contribution in [3.63, 3.8) is 0 Å². The van der Waals surface area contributed by atoms with Crippen LogP contribution >= 0.6 is 0 Å². The van der Waals surface area contributed by atoms with Crippen molar-refractivity contribution < 1.29 is 14.1 Å². The van der Waals surface area contributed by atoms with Gasteiger partial charge in [0, 0.05) is 25.6 Å². The first kappa shape index (κ1) is 17.2. The number of aryl methyl sites for hydroxylation is 1. The van der Waals surface area contributed by atoms with Crippen molar-refractivity contribution in [2.45, 2.75) is 39.7 Å². The van der Waals surface area contributed by atoms with Crippen LogP contribution in [0.25, 0.3) is 0 Å². The predicted octanol–water partition coefficient (Wildman–Crippen LogP) is 1.16. The summed E-state index contributed by atoms with van der Waals surface area (Å²) < 4.78 is 4.85. The minimum atomic E-state index is -0.292. The highest BCUT2D eigenvalue weighted by atomic mass is 16.5. The van der Waals surface area contributed by atoms with E-state index in [-0.39, 0.29) is 18.4 Å². The molecule has 7 heteroatoms. The lowest BCUT2D eigenvalue weighted by Crippen LogP contribution is -2.35. The molecule has 0 saturated carbocycles. The van der Waals surface area contributed by atoms with Crippen LogP contribution in [0.15, 0.2) is 10.6 Å². The fraction of sp³-hybridized carbons (Fsp3) is 0.643. The van der Waals surface area contributed by atoms with Gasteiger partial charge in [0.25, 0.3) is 0 Å². The molecule has 0 fully saturated rings. The fourth-order valence-corrected chi connectivity index (χ4v) is 1.73. The van der Waals surface area contributed by atoms with Crippen LogP contribution in [0.1, 0.15) is 32.4 Å². The van der Waals surface area contributed by atoms with Gasteiger partial charge in [-0.05, 0) is 19.9 Å². The van der Waals surface area contributed by atoms with Gasteiger partial charge in [-0.1, -0.05) is 19.0 Å². The lowest BCUT2D eigenvalue weighted by atomic mass is 10.2. The molecule has 1 aromatic heterocycles. The number of rotatable bonds is 8. The predicted molar refractivity (Wildman–Crippen MR) is 79.9 cm³/mol. The zero-order valence-corrected chi connectivity index (χ0v) is 13.1. The molecule has 0 aliphatic heterocycles. The van der Waals surface area contributed by atoms with Crippen molar-refractivity contribution in [2.75, 3.05) is 25.5 Å². The van der Waals surface area contributed by atoms with E-state index in [9.17, 15) is 9.59 Å². The van der Waals surface area contributed by atoms with Gasteiger partial charge in [0.15, 0.2) is 5.82 Å². The Hall–Kier alpha value is -1.89. The molecule has 0 aliphatic carbocycles. The summed E-state index contributed by atoms with van der Waals surface area (Å²) in [6, 6.07) is 2.03. The van der Waals surface area contributed by atoms with Gasteiger partial charge >= 0.3 is 0 Å². The molecule has 0 atom stereocenters. The van der Waals surface area contributed by atoms with Crippen molar-refractivity contribution in [1.29, 1.82) is 0 Å². The van der Waals surface area contributed by atoms with E-state index in [0.29, 0.717) is 24.0 Å². The Balaban J connectivity index is 2.26. The van der Waals surface area contributed by atoms with Crippen LogP contribution < -0.4 is 10.6 Å². The van der Waals surface area contributed by atoms with Crippen LogP contribution in [0.4, 0.5) is 5.82 Å². The topological polar surface area (TPSA) is 87.5 Å². The first-order chi connectivity index (χ1) is 9.88. The van der Waals surface area contributed by atoms with Crippen LogP contribution in [-0.2, 0) is 9.59 Å². The van der Waals surface area contributed by atoms with E-state index in [4.69, 9.17) is 4.52 Å². The average molecular weight is 296 g/mol. The Kier molecular flexibility index (Phi) is 6.87. The zero-order chi connectivity index (χ0) is 15.8. The van der Waals surface area contributed by atoms with Gasteiger partial charge in [0.2, 0.25) is 11.8 Å². The van der Waals surface area contributed by atoms with E-state index in [0.717, 1.165) is 13.0 Å². The molecular weight excluding hydrogens is 272 g/mol. The van der Waals surface area contributed by atoms with Gasteiger partial charge in [0.1, 0.15) is 5.76 Å². The summed E-state index contributed by atoms with van der Waals surface area (Å²) in [4.78, 5) is 25.0. The average Bonchev–Trinajstić information content (AvgIpc) is 2.79. The molecule has 118 valence electrons. The van der Waals surface area contributed by atoms with Gasteiger partial charge in [-0.2, -0.15) is 0 Å². The quantitative estimate of drug-likeness (QED) is 0.703. The molecule has 0 bridgehead atoms. The highest BCUT2D eigenvalue weighted by molar-refractivity contribution is 5.93. The third kappa shape index (κ3) is 6.89. The SMILES string of the molecule is Cc1cc(NC(=O)CN(C)C(=O)CCCNC(C)C)no1. The molecule has 2 amide bonds. The standard InChI is InChI=1S/C14H24N4O3/c1-10(2)15-7-5-6-14(20)18(4)9-13(19)16-12-8-11(3)21-17-12/h8,10,15H,5-7,9H2,1-4H3,(H,16,17,19). The number of likely N-dealkylation sites (N-methyl/N-ethyl adjacent to an activating group) is 1. The number of carbonyl (C=O) groups is 2. The molecule has 0 aliphatic rings. The molecule has 0 unspecified atom stereocenters. The van der Waals surface area contributed by atoms with Crippen LogP contribution in [0.5, 0.6) is 0 Å². The first-order valence-corrected chi connectivity index (χ1v) is 7.09. The normalized spacial score (nSPS) is 10.7. The molecule has 2 N–H and O–H groups in total. The Morgan fingerprint density at radius 1 is 1.43 bits per heavy atom. The monoisotopic (exact) mass is 296 g/mol. The van der Waals surface area contributed by atoms with Crippen molar-refractivity contribution >= 4 is 17.6 Å². The molecule has 1 rings (SSSR count). The summed E-state index contributed by atoms with van der Waals surface area (Å²) >= 11 is 0. The van der Waals surface area contributed by atoms with E-state index >= 15 is 0 Å². The Morgan fingerprint density at radius 3 is 2.71 bits per heavy atom. The highest BCUT2D eigenvalue weighted by Gasteiger charge is 2.13. The van der Waals surface area contributed by atoms with Crippen molar-refractivity contribution in [3.05, 3.63) is 11.8 Å². The second-order valence-corrected chi connectivity index (χ2v) is 5.33. The lowest BCUT2D eigenvalue weighted by molar-refractivity contribution is -0.133. The van der Waals surface area contributed by atoms with Crippen molar-refractivity contribution in [1.82, 2.24) is 15.4 Å². The van der Waals surface area contributed by atoms with Gasteiger partial charge in [0.05, 0.1) is 6.54 Å². The van der Waals surface area contributed by atoms with Crippen LogP contribution in [-0.4, -0.2) is 48.0 Å². The number of hydrogen-bond acceptors (Lipinski definition) is 5. The molecule has 0 spiro atoms. The summed E-state index contributed by atoms with van der Waals surface area (Å²) in [5.41, 5.74) is 0. The van der Waals surface area contributed by atoms with Crippen LogP contribution in [0.3, 0.4) is 0 Å². The number of nitrogens with one attached hydrogen (secondary N) is 2.